The third-order valence-electron chi connectivity index (χ3n) is 1.48. The quantitative estimate of drug-likeness (QED) is 0.829. The van der Waals surface area contributed by atoms with Crippen LogP contribution in [0.2, 0.25) is 0 Å². The first kappa shape index (κ1) is 11.6. The second-order valence-corrected chi connectivity index (χ2v) is 4.64. The van der Waals surface area contributed by atoms with Gasteiger partial charge in [-0.15, -0.1) is 11.8 Å². The first-order valence-electron chi connectivity index (χ1n) is 3.91. The minimum absolute atomic E-state index is 0.0829. The van der Waals surface area contributed by atoms with Crippen molar-refractivity contribution in [3.63, 3.8) is 0 Å². The summed E-state index contributed by atoms with van der Waals surface area (Å²) < 4.78 is 0.734. The smallest absolute Gasteiger partial charge is 0.335 e. The van der Waals surface area contributed by atoms with Gasteiger partial charge in [-0.2, -0.15) is 0 Å². The second-order valence-electron chi connectivity index (χ2n) is 2.55. The summed E-state index contributed by atoms with van der Waals surface area (Å²) in [5, 5.41) is 17.4. The Kier molecular flexibility index (Phi) is 4.44. The van der Waals surface area contributed by atoms with Crippen molar-refractivity contribution >= 4 is 33.7 Å². The van der Waals surface area contributed by atoms with Crippen molar-refractivity contribution < 1.29 is 15.0 Å². The molecule has 0 atom stereocenters. The molecule has 0 unspecified atom stereocenters. The number of halogens is 1. The molecule has 5 heteroatoms. The predicted molar refractivity (Wildman–Crippen MR) is 58.9 cm³/mol. The number of hydrogen-bond donors (Lipinski definition) is 2. The van der Waals surface area contributed by atoms with Crippen LogP contribution >= 0.6 is 27.7 Å². The van der Waals surface area contributed by atoms with Gasteiger partial charge in [0, 0.05) is 15.1 Å². The van der Waals surface area contributed by atoms with Crippen LogP contribution in [0.1, 0.15) is 10.4 Å². The van der Waals surface area contributed by atoms with Crippen LogP contribution < -0.4 is 0 Å². The van der Waals surface area contributed by atoms with Crippen LogP contribution in [0.4, 0.5) is 0 Å². The van der Waals surface area contributed by atoms with Crippen LogP contribution in [0.5, 0.6) is 0 Å². The number of benzene rings is 1. The van der Waals surface area contributed by atoms with Gasteiger partial charge in [-0.05, 0) is 18.2 Å². The maximum absolute atomic E-state index is 10.7. The summed E-state index contributed by atoms with van der Waals surface area (Å²) in [6.07, 6.45) is 0. The molecule has 76 valence electrons. The van der Waals surface area contributed by atoms with Gasteiger partial charge in [-0.1, -0.05) is 15.9 Å². The molecule has 0 spiro atoms. The Balaban J connectivity index is 2.89. The molecule has 0 aliphatic rings. The second kappa shape index (κ2) is 5.38. The van der Waals surface area contributed by atoms with Crippen molar-refractivity contribution in [1.82, 2.24) is 0 Å². The van der Waals surface area contributed by atoms with E-state index >= 15 is 0 Å². The number of carboxylic acids is 1. The minimum Gasteiger partial charge on any atom is -0.478 e. The van der Waals surface area contributed by atoms with Crippen LogP contribution in [0.3, 0.4) is 0 Å². The average molecular weight is 277 g/mol. The van der Waals surface area contributed by atoms with Gasteiger partial charge in [0.15, 0.2) is 0 Å². The first-order chi connectivity index (χ1) is 6.63. The summed E-state index contributed by atoms with van der Waals surface area (Å²) in [7, 11) is 0. The van der Waals surface area contributed by atoms with E-state index in [9.17, 15) is 4.79 Å². The number of aromatic carboxylic acids is 1. The predicted octanol–water partition coefficient (Wildman–Crippen LogP) is 2.23. The van der Waals surface area contributed by atoms with Crippen molar-refractivity contribution in [1.29, 1.82) is 0 Å². The van der Waals surface area contributed by atoms with Crippen LogP contribution in [-0.4, -0.2) is 28.5 Å². The molecule has 0 aliphatic heterocycles. The van der Waals surface area contributed by atoms with Gasteiger partial charge < -0.3 is 10.2 Å². The van der Waals surface area contributed by atoms with Crippen LogP contribution in [-0.2, 0) is 0 Å². The molecule has 0 fully saturated rings. The first-order valence-corrected chi connectivity index (χ1v) is 5.69. The van der Waals surface area contributed by atoms with Crippen LogP contribution in [0.25, 0.3) is 0 Å². The lowest BCUT2D eigenvalue weighted by molar-refractivity contribution is 0.0696. The van der Waals surface area contributed by atoms with Crippen molar-refractivity contribution in [2.45, 2.75) is 4.90 Å². The number of carbonyl (C=O) groups is 1. The summed E-state index contributed by atoms with van der Waals surface area (Å²) in [5.74, 6) is -0.382. The fourth-order valence-electron chi connectivity index (χ4n) is 0.933. The van der Waals surface area contributed by atoms with Gasteiger partial charge >= 0.3 is 5.97 Å². The molecule has 0 aliphatic carbocycles. The van der Waals surface area contributed by atoms with E-state index < -0.39 is 5.97 Å². The largest absolute Gasteiger partial charge is 0.478 e. The Morgan fingerprint density at radius 1 is 1.43 bits per heavy atom. The molecule has 0 saturated heterocycles. The van der Waals surface area contributed by atoms with E-state index in [1.54, 1.807) is 12.1 Å². The van der Waals surface area contributed by atoms with E-state index in [1.807, 2.05) is 6.07 Å². The highest BCUT2D eigenvalue weighted by Gasteiger charge is 2.05. The highest BCUT2D eigenvalue weighted by molar-refractivity contribution is 9.10. The van der Waals surface area contributed by atoms with Gasteiger partial charge in [-0.25, -0.2) is 4.79 Å². The van der Waals surface area contributed by atoms with E-state index in [0.717, 1.165) is 9.37 Å². The van der Waals surface area contributed by atoms with Gasteiger partial charge in [0.25, 0.3) is 0 Å². The number of hydrogen-bond acceptors (Lipinski definition) is 3. The van der Waals surface area contributed by atoms with E-state index in [1.165, 1.54) is 11.8 Å². The summed E-state index contributed by atoms with van der Waals surface area (Å²) >= 11 is 4.66. The average Bonchev–Trinajstić information content (AvgIpc) is 2.14. The van der Waals surface area contributed by atoms with E-state index in [2.05, 4.69) is 15.9 Å². The van der Waals surface area contributed by atoms with Crippen LogP contribution in [0, 0.1) is 0 Å². The zero-order chi connectivity index (χ0) is 10.6. The molecule has 1 aromatic carbocycles. The molecule has 0 heterocycles. The minimum atomic E-state index is -0.947. The summed E-state index contributed by atoms with van der Waals surface area (Å²) in [6, 6.07) is 4.96. The van der Waals surface area contributed by atoms with Gasteiger partial charge in [0.1, 0.15) is 0 Å². The van der Waals surface area contributed by atoms with Gasteiger partial charge in [0.05, 0.1) is 12.2 Å². The molecule has 0 saturated carbocycles. The molecule has 1 rings (SSSR count). The number of rotatable bonds is 4. The van der Waals surface area contributed by atoms with E-state index in [-0.39, 0.29) is 12.2 Å². The van der Waals surface area contributed by atoms with Crippen molar-refractivity contribution in [2.75, 3.05) is 12.4 Å². The third kappa shape index (κ3) is 3.32. The normalized spacial score (nSPS) is 10.1. The number of aliphatic hydroxyl groups excluding tert-OH is 1. The number of aliphatic hydroxyl groups is 1. The molecule has 0 radical (unpaired) electrons. The molecule has 2 N–H and O–H groups in total. The van der Waals surface area contributed by atoms with Crippen LogP contribution in [0.15, 0.2) is 27.6 Å². The molecule has 0 amide bonds. The van der Waals surface area contributed by atoms with Crippen molar-refractivity contribution in [3.8, 4) is 0 Å². The van der Waals surface area contributed by atoms with Crippen molar-refractivity contribution in [2.24, 2.45) is 0 Å². The standard InChI is InChI=1S/C9H9BrO3S/c10-7-3-6(9(12)13)4-8(5-7)14-2-1-11/h3-5,11H,1-2H2,(H,12,13). The highest BCUT2D eigenvalue weighted by Crippen LogP contribution is 2.24. The lowest BCUT2D eigenvalue weighted by Crippen LogP contribution is -1.96. The Morgan fingerprint density at radius 3 is 2.71 bits per heavy atom. The molecular weight excluding hydrogens is 268 g/mol. The van der Waals surface area contributed by atoms with Crippen molar-refractivity contribution in [3.05, 3.63) is 28.2 Å². The fraction of sp³-hybridized carbons (Fsp3) is 0.222. The van der Waals surface area contributed by atoms with Gasteiger partial charge in [0.2, 0.25) is 0 Å². The zero-order valence-corrected chi connectivity index (χ0v) is 9.64. The molecule has 0 bridgehead atoms. The molecule has 3 nitrogen and oxygen atoms in total. The number of thioether (sulfide) groups is 1. The Morgan fingerprint density at radius 2 is 2.14 bits per heavy atom. The maximum Gasteiger partial charge on any atom is 0.335 e. The summed E-state index contributed by atoms with van der Waals surface area (Å²) in [6.45, 7) is 0.0829. The monoisotopic (exact) mass is 276 g/mol. The molecule has 0 aromatic heterocycles. The SMILES string of the molecule is O=C(O)c1cc(Br)cc(SCCO)c1. The summed E-state index contributed by atoms with van der Waals surface area (Å²) in [5.41, 5.74) is 0.250. The lowest BCUT2D eigenvalue weighted by Gasteiger charge is -2.02. The number of carboxylic acid groups (broad SMARTS) is 1. The Labute approximate surface area is 94.3 Å². The zero-order valence-electron chi connectivity index (χ0n) is 7.24. The maximum atomic E-state index is 10.7. The Hall–Kier alpha value is -0.520. The van der Waals surface area contributed by atoms with Gasteiger partial charge in [-0.3, -0.25) is 0 Å². The molecule has 14 heavy (non-hydrogen) atoms. The fourth-order valence-corrected chi connectivity index (χ4v) is 2.33. The van der Waals surface area contributed by atoms with E-state index in [4.69, 9.17) is 10.2 Å². The highest BCUT2D eigenvalue weighted by atomic mass is 79.9. The summed E-state index contributed by atoms with van der Waals surface area (Å²) in [4.78, 5) is 11.5. The third-order valence-corrected chi connectivity index (χ3v) is 2.89. The lowest BCUT2D eigenvalue weighted by atomic mass is 10.2. The molecular formula is C9H9BrO3S. The van der Waals surface area contributed by atoms with E-state index in [0.29, 0.717) is 5.75 Å². The Bertz CT molecular complexity index is 341. The molecule has 1 aromatic rings. The topological polar surface area (TPSA) is 57.5 Å².